The third-order valence-electron chi connectivity index (χ3n) is 4.31. The van der Waals surface area contributed by atoms with Gasteiger partial charge in [0.25, 0.3) is 5.91 Å². The summed E-state index contributed by atoms with van der Waals surface area (Å²) in [4.78, 5) is 12.0. The molecule has 0 saturated carbocycles. The van der Waals surface area contributed by atoms with Crippen LogP contribution >= 0.6 is 15.9 Å². The molecule has 0 aliphatic carbocycles. The molecule has 2 aromatic carbocycles. The van der Waals surface area contributed by atoms with Gasteiger partial charge in [0.1, 0.15) is 18.1 Å². The van der Waals surface area contributed by atoms with Gasteiger partial charge < -0.3 is 14.8 Å². The molecule has 0 heterocycles. The van der Waals surface area contributed by atoms with Gasteiger partial charge in [0.2, 0.25) is 0 Å². The van der Waals surface area contributed by atoms with Crippen LogP contribution in [0, 0.1) is 0 Å². The van der Waals surface area contributed by atoms with Crippen LogP contribution in [0.5, 0.6) is 11.5 Å². The normalized spacial score (nSPS) is 11.2. The quantitative estimate of drug-likeness (QED) is 0.532. The number of carbonyl (C=O) groups excluding carboxylic acids is 1. The minimum absolute atomic E-state index is 0.0286. The van der Waals surface area contributed by atoms with Gasteiger partial charge in [0, 0.05) is 0 Å². The van der Waals surface area contributed by atoms with E-state index in [9.17, 15) is 4.79 Å². The number of aryl methyl sites for hydroxylation is 1. The highest BCUT2D eigenvalue weighted by molar-refractivity contribution is 9.10. The van der Waals surface area contributed by atoms with E-state index in [0.717, 1.165) is 23.1 Å². The Balaban J connectivity index is 1.70. The predicted molar refractivity (Wildman–Crippen MR) is 117 cm³/mol. The summed E-state index contributed by atoms with van der Waals surface area (Å²) in [7, 11) is 0. The van der Waals surface area contributed by atoms with Crippen LogP contribution in [-0.2, 0) is 16.6 Å². The Morgan fingerprint density at radius 1 is 1.07 bits per heavy atom. The monoisotopic (exact) mass is 447 g/mol. The molecule has 2 aromatic rings. The van der Waals surface area contributed by atoms with E-state index < -0.39 is 0 Å². The second kappa shape index (κ2) is 10.5. The second-order valence-electron chi connectivity index (χ2n) is 7.78. The van der Waals surface area contributed by atoms with E-state index in [0.29, 0.717) is 18.9 Å². The molecule has 0 fully saturated rings. The second-order valence-corrected chi connectivity index (χ2v) is 8.63. The lowest BCUT2D eigenvalue weighted by molar-refractivity contribution is -0.123. The number of carbonyl (C=O) groups is 1. The maximum Gasteiger partial charge on any atom is 0.258 e. The maximum absolute atomic E-state index is 12.0. The fourth-order valence-corrected chi connectivity index (χ4v) is 3.17. The number of amides is 1. The molecular formula is C23H30BrNO3. The molecule has 1 amide bonds. The number of ether oxygens (including phenoxy) is 2. The molecule has 0 aliphatic heterocycles. The average Bonchev–Trinajstić information content (AvgIpc) is 2.65. The molecule has 152 valence electrons. The highest BCUT2D eigenvalue weighted by atomic mass is 79.9. The zero-order valence-corrected chi connectivity index (χ0v) is 18.8. The van der Waals surface area contributed by atoms with Crippen molar-refractivity contribution in [3.63, 3.8) is 0 Å². The minimum atomic E-state index is -0.173. The minimum Gasteiger partial charge on any atom is -0.492 e. The summed E-state index contributed by atoms with van der Waals surface area (Å²) in [6.45, 7) is 9.46. The van der Waals surface area contributed by atoms with Gasteiger partial charge in [0.05, 0.1) is 11.0 Å². The molecule has 0 aliphatic rings. The Kier molecular flexibility index (Phi) is 8.36. The van der Waals surface area contributed by atoms with Gasteiger partial charge in [-0.3, -0.25) is 4.79 Å². The molecule has 4 nitrogen and oxygen atoms in total. The van der Waals surface area contributed by atoms with E-state index in [1.807, 2.05) is 30.3 Å². The summed E-state index contributed by atoms with van der Waals surface area (Å²) in [5, 5.41) is 2.81. The summed E-state index contributed by atoms with van der Waals surface area (Å²) in [6.07, 6.45) is 2.21. The number of nitrogens with one attached hydrogen (secondary N) is 1. The van der Waals surface area contributed by atoms with Crippen LogP contribution in [0.25, 0.3) is 0 Å². The highest BCUT2D eigenvalue weighted by Gasteiger charge is 2.15. The number of benzene rings is 2. The standard InChI is InChI=1S/C23H30BrNO3/c1-5-6-17-7-10-19(11-8-17)27-14-13-25-22(26)16-28-21-12-9-18(15-20(21)24)23(2,3)4/h7-12,15H,5-6,13-14,16H2,1-4H3,(H,25,26). The summed E-state index contributed by atoms with van der Waals surface area (Å²) in [5.41, 5.74) is 2.58. The summed E-state index contributed by atoms with van der Waals surface area (Å²) in [5.74, 6) is 1.30. The number of hydrogen-bond acceptors (Lipinski definition) is 3. The van der Waals surface area contributed by atoms with Gasteiger partial charge in [-0.1, -0.05) is 52.3 Å². The predicted octanol–water partition coefficient (Wildman–Crippen LogP) is 5.27. The van der Waals surface area contributed by atoms with Crippen molar-refractivity contribution in [1.82, 2.24) is 5.32 Å². The lowest BCUT2D eigenvalue weighted by Crippen LogP contribution is -2.32. The molecule has 0 radical (unpaired) electrons. The average molecular weight is 448 g/mol. The van der Waals surface area contributed by atoms with E-state index in [1.54, 1.807) is 0 Å². The third-order valence-corrected chi connectivity index (χ3v) is 4.93. The Bertz CT molecular complexity index is 766. The smallest absolute Gasteiger partial charge is 0.258 e. The fourth-order valence-electron chi connectivity index (χ4n) is 2.68. The first kappa shape index (κ1) is 22.3. The first-order valence-corrected chi connectivity index (χ1v) is 10.5. The Morgan fingerprint density at radius 3 is 2.39 bits per heavy atom. The number of rotatable bonds is 9. The van der Waals surface area contributed by atoms with E-state index in [2.05, 4.69) is 61.1 Å². The van der Waals surface area contributed by atoms with Gasteiger partial charge in [-0.15, -0.1) is 0 Å². The van der Waals surface area contributed by atoms with Crippen LogP contribution in [0.1, 0.15) is 45.2 Å². The van der Waals surface area contributed by atoms with Gasteiger partial charge in [-0.05, 0) is 63.2 Å². The van der Waals surface area contributed by atoms with Crippen molar-refractivity contribution >= 4 is 21.8 Å². The molecule has 0 aromatic heterocycles. The molecule has 2 rings (SSSR count). The van der Waals surface area contributed by atoms with Crippen molar-refractivity contribution < 1.29 is 14.3 Å². The van der Waals surface area contributed by atoms with Gasteiger partial charge in [-0.25, -0.2) is 0 Å². The van der Waals surface area contributed by atoms with Gasteiger partial charge in [-0.2, -0.15) is 0 Å². The first-order valence-electron chi connectivity index (χ1n) is 9.71. The SMILES string of the molecule is CCCc1ccc(OCCNC(=O)COc2ccc(C(C)(C)C)cc2Br)cc1. The van der Waals surface area contributed by atoms with Crippen molar-refractivity contribution in [3.8, 4) is 11.5 Å². The van der Waals surface area contributed by atoms with Crippen molar-refractivity contribution in [2.75, 3.05) is 19.8 Å². The third kappa shape index (κ3) is 7.19. The molecule has 28 heavy (non-hydrogen) atoms. The van der Waals surface area contributed by atoms with Crippen molar-refractivity contribution in [2.45, 2.75) is 46.0 Å². The molecule has 0 bridgehead atoms. The molecule has 0 atom stereocenters. The number of halogens is 1. The molecule has 0 unspecified atom stereocenters. The van der Waals surface area contributed by atoms with Crippen LogP contribution in [0.3, 0.4) is 0 Å². The van der Waals surface area contributed by atoms with E-state index in [1.165, 1.54) is 11.1 Å². The Hall–Kier alpha value is -2.01. The number of hydrogen-bond donors (Lipinski definition) is 1. The first-order chi connectivity index (χ1) is 13.3. The largest absolute Gasteiger partial charge is 0.492 e. The lowest BCUT2D eigenvalue weighted by atomic mass is 9.87. The lowest BCUT2D eigenvalue weighted by Gasteiger charge is -2.20. The van der Waals surface area contributed by atoms with E-state index in [-0.39, 0.29) is 17.9 Å². The van der Waals surface area contributed by atoms with E-state index in [4.69, 9.17) is 9.47 Å². The zero-order valence-electron chi connectivity index (χ0n) is 17.2. The van der Waals surface area contributed by atoms with Crippen LogP contribution in [0.2, 0.25) is 0 Å². The summed E-state index contributed by atoms with van der Waals surface area (Å²) < 4.78 is 12.1. The molecule has 1 N–H and O–H groups in total. The molecule has 0 spiro atoms. The highest BCUT2D eigenvalue weighted by Crippen LogP contribution is 2.31. The maximum atomic E-state index is 12.0. The Labute approximate surface area is 176 Å². The fraction of sp³-hybridized carbons (Fsp3) is 0.435. The van der Waals surface area contributed by atoms with E-state index >= 15 is 0 Å². The van der Waals surface area contributed by atoms with Crippen LogP contribution < -0.4 is 14.8 Å². The van der Waals surface area contributed by atoms with Gasteiger partial charge in [0.15, 0.2) is 6.61 Å². The zero-order chi connectivity index (χ0) is 20.6. The van der Waals surface area contributed by atoms with Crippen LogP contribution in [-0.4, -0.2) is 25.7 Å². The van der Waals surface area contributed by atoms with Crippen LogP contribution in [0.4, 0.5) is 0 Å². The van der Waals surface area contributed by atoms with Crippen LogP contribution in [0.15, 0.2) is 46.9 Å². The topological polar surface area (TPSA) is 47.6 Å². The summed E-state index contributed by atoms with van der Waals surface area (Å²) in [6, 6.07) is 14.0. The summed E-state index contributed by atoms with van der Waals surface area (Å²) >= 11 is 3.52. The molecule has 0 saturated heterocycles. The van der Waals surface area contributed by atoms with Crippen molar-refractivity contribution in [2.24, 2.45) is 0 Å². The Morgan fingerprint density at radius 2 is 1.79 bits per heavy atom. The molecule has 5 heteroatoms. The molecular weight excluding hydrogens is 418 g/mol. The van der Waals surface area contributed by atoms with Gasteiger partial charge >= 0.3 is 0 Å². The van der Waals surface area contributed by atoms with Crippen molar-refractivity contribution in [1.29, 1.82) is 0 Å². The van der Waals surface area contributed by atoms with Crippen molar-refractivity contribution in [3.05, 3.63) is 58.1 Å².